The summed E-state index contributed by atoms with van der Waals surface area (Å²) in [5.74, 6) is 0. The summed E-state index contributed by atoms with van der Waals surface area (Å²) in [6.07, 6.45) is 4.82. The number of rotatable bonds is 2. The van der Waals surface area contributed by atoms with Gasteiger partial charge in [0, 0.05) is 4.47 Å². The molecule has 0 amide bonds. The first-order chi connectivity index (χ1) is 11.2. The van der Waals surface area contributed by atoms with E-state index < -0.39 is 0 Å². The molecule has 0 radical (unpaired) electrons. The van der Waals surface area contributed by atoms with Crippen molar-refractivity contribution < 1.29 is 0 Å². The molecule has 0 spiro atoms. The maximum absolute atomic E-state index is 3.57. The zero-order valence-corrected chi connectivity index (χ0v) is 17.0. The smallest absolute Gasteiger partial charge is 0.0181 e. The van der Waals surface area contributed by atoms with Gasteiger partial charge in [0.15, 0.2) is 0 Å². The second-order valence-corrected chi connectivity index (χ2v) is 9.33. The first-order valence-electron chi connectivity index (χ1n) is 8.78. The Bertz CT molecular complexity index is 793. The minimum absolute atomic E-state index is 0.262. The van der Waals surface area contributed by atoms with Crippen LogP contribution in [0.15, 0.2) is 46.9 Å². The molecular formula is C23H27Br. The summed E-state index contributed by atoms with van der Waals surface area (Å²) in [6.45, 7) is 11.7. The predicted octanol–water partition coefficient (Wildman–Crippen LogP) is 7.36. The molecule has 24 heavy (non-hydrogen) atoms. The summed E-state index contributed by atoms with van der Waals surface area (Å²) in [4.78, 5) is 0. The summed E-state index contributed by atoms with van der Waals surface area (Å²) in [6, 6.07) is 15.6. The molecule has 2 aromatic carbocycles. The molecule has 0 unspecified atom stereocenters. The summed E-state index contributed by atoms with van der Waals surface area (Å²) in [5.41, 5.74) is 7.46. The Morgan fingerprint density at radius 1 is 0.917 bits per heavy atom. The molecular weight excluding hydrogens is 356 g/mol. The van der Waals surface area contributed by atoms with Crippen LogP contribution in [0.3, 0.4) is 0 Å². The van der Waals surface area contributed by atoms with Gasteiger partial charge in [-0.15, -0.1) is 0 Å². The van der Waals surface area contributed by atoms with E-state index in [4.69, 9.17) is 0 Å². The molecule has 0 nitrogen and oxygen atoms in total. The average molecular weight is 383 g/mol. The monoisotopic (exact) mass is 382 g/mol. The highest BCUT2D eigenvalue weighted by molar-refractivity contribution is 9.10. The molecule has 1 aliphatic carbocycles. The van der Waals surface area contributed by atoms with E-state index in [2.05, 4.69) is 99.1 Å². The molecule has 0 atom stereocenters. The maximum atomic E-state index is 3.57. The fourth-order valence-electron chi connectivity index (χ4n) is 3.76. The van der Waals surface area contributed by atoms with Crippen molar-refractivity contribution in [1.82, 2.24) is 0 Å². The van der Waals surface area contributed by atoms with Crippen LogP contribution in [0.1, 0.15) is 69.7 Å². The number of benzene rings is 2. The third kappa shape index (κ3) is 3.37. The van der Waals surface area contributed by atoms with Crippen LogP contribution in [-0.4, -0.2) is 0 Å². The number of allylic oxidation sites excluding steroid dienone is 1. The van der Waals surface area contributed by atoms with Crippen LogP contribution < -0.4 is 0 Å². The minimum Gasteiger partial charge on any atom is -0.0605 e. The first kappa shape index (κ1) is 17.5. The average Bonchev–Trinajstić information content (AvgIpc) is 2.52. The zero-order chi connectivity index (χ0) is 17.5. The fraction of sp³-hybridized carbons (Fsp3) is 0.391. The van der Waals surface area contributed by atoms with Crippen LogP contribution in [0.5, 0.6) is 0 Å². The van der Waals surface area contributed by atoms with Gasteiger partial charge < -0.3 is 0 Å². The first-order valence-corrected chi connectivity index (χ1v) is 9.58. The highest BCUT2D eigenvalue weighted by Gasteiger charge is 2.36. The fourth-order valence-corrected chi connectivity index (χ4v) is 4.16. The van der Waals surface area contributed by atoms with Gasteiger partial charge in [0.25, 0.3) is 0 Å². The SMILES string of the molecule is CC(=Cc1ccc2c(c1)C(C)(C)CCC2(C)C)c1cccc(Br)c1. The van der Waals surface area contributed by atoms with E-state index in [1.165, 1.54) is 40.7 Å². The van der Waals surface area contributed by atoms with Gasteiger partial charge in [0.2, 0.25) is 0 Å². The Hall–Kier alpha value is -1.34. The molecule has 126 valence electrons. The molecule has 0 heterocycles. The summed E-state index contributed by atoms with van der Waals surface area (Å²) in [5, 5.41) is 0. The molecule has 0 saturated carbocycles. The van der Waals surface area contributed by atoms with Crippen LogP contribution in [0.2, 0.25) is 0 Å². The number of halogens is 1. The highest BCUT2D eigenvalue weighted by Crippen LogP contribution is 2.46. The van der Waals surface area contributed by atoms with Crippen molar-refractivity contribution in [2.75, 3.05) is 0 Å². The second kappa shape index (κ2) is 6.19. The summed E-state index contributed by atoms with van der Waals surface area (Å²) >= 11 is 3.57. The van der Waals surface area contributed by atoms with Crippen molar-refractivity contribution in [1.29, 1.82) is 0 Å². The van der Waals surface area contributed by atoms with E-state index in [0.29, 0.717) is 0 Å². The zero-order valence-electron chi connectivity index (χ0n) is 15.4. The van der Waals surface area contributed by atoms with Gasteiger partial charge in [-0.2, -0.15) is 0 Å². The van der Waals surface area contributed by atoms with Crippen LogP contribution in [-0.2, 0) is 10.8 Å². The van der Waals surface area contributed by atoms with Crippen LogP contribution in [0, 0.1) is 0 Å². The third-order valence-corrected chi connectivity index (χ3v) is 6.03. The molecule has 1 heteroatoms. The molecule has 0 aromatic heterocycles. The number of fused-ring (bicyclic) bond motifs is 1. The Morgan fingerprint density at radius 2 is 1.58 bits per heavy atom. The van der Waals surface area contributed by atoms with E-state index >= 15 is 0 Å². The maximum Gasteiger partial charge on any atom is 0.0181 e. The van der Waals surface area contributed by atoms with Gasteiger partial charge in [-0.3, -0.25) is 0 Å². The van der Waals surface area contributed by atoms with Crippen molar-refractivity contribution in [3.8, 4) is 0 Å². The van der Waals surface area contributed by atoms with Gasteiger partial charge in [-0.05, 0) is 70.6 Å². The molecule has 3 rings (SSSR count). The van der Waals surface area contributed by atoms with E-state index in [-0.39, 0.29) is 10.8 Å². The van der Waals surface area contributed by atoms with E-state index in [1.54, 1.807) is 0 Å². The topological polar surface area (TPSA) is 0 Å². The molecule has 0 fully saturated rings. The van der Waals surface area contributed by atoms with Gasteiger partial charge in [-0.25, -0.2) is 0 Å². The lowest BCUT2D eigenvalue weighted by Crippen LogP contribution is -2.33. The van der Waals surface area contributed by atoms with Crippen molar-refractivity contribution in [3.63, 3.8) is 0 Å². The summed E-state index contributed by atoms with van der Waals surface area (Å²) < 4.78 is 1.13. The minimum atomic E-state index is 0.262. The van der Waals surface area contributed by atoms with Crippen molar-refractivity contribution in [2.24, 2.45) is 0 Å². The molecule has 1 aliphatic rings. The lowest BCUT2D eigenvalue weighted by atomic mass is 9.63. The Kier molecular flexibility index (Phi) is 4.51. The second-order valence-electron chi connectivity index (χ2n) is 8.41. The van der Waals surface area contributed by atoms with Gasteiger partial charge >= 0.3 is 0 Å². The van der Waals surface area contributed by atoms with Gasteiger partial charge in [0.05, 0.1) is 0 Å². The van der Waals surface area contributed by atoms with Gasteiger partial charge in [-0.1, -0.05) is 80.0 Å². The normalized spacial score (nSPS) is 19.0. The van der Waals surface area contributed by atoms with Crippen LogP contribution >= 0.6 is 15.9 Å². The largest absolute Gasteiger partial charge is 0.0605 e. The Balaban J connectivity index is 2.04. The molecule has 0 aliphatic heterocycles. The molecule has 0 bridgehead atoms. The lowest BCUT2D eigenvalue weighted by molar-refractivity contribution is 0.332. The third-order valence-electron chi connectivity index (χ3n) is 5.54. The molecule has 0 N–H and O–H groups in total. The van der Waals surface area contributed by atoms with E-state index in [0.717, 1.165) is 4.47 Å². The van der Waals surface area contributed by atoms with Gasteiger partial charge in [0.1, 0.15) is 0 Å². The lowest BCUT2D eigenvalue weighted by Gasteiger charge is -2.42. The number of hydrogen-bond acceptors (Lipinski definition) is 0. The Labute approximate surface area is 155 Å². The standard InChI is InChI=1S/C23H27Br/c1-16(18-7-6-8-19(24)15-18)13-17-9-10-20-21(14-17)23(4,5)12-11-22(20,2)3/h6-10,13-15H,11-12H2,1-5H3. The summed E-state index contributed by atoms with van der Waals surface area (Å²) in [7, 11) is 0. The van der Waals surface area contributed by atoms with Crippen molar-refractivity contribution in [2.45, 2.75) is 58.3 Å². The van der Waals surface area contributed by atoms with Crippen molar-refractivity contribution in [3.05, 3.63) is 69.2 Å². The molecule has 2 aromatic rings. The van der Waals surface area contributed by atoms with Crippen LogP contribution in [0.25, 0.3) is 11.6 Å². The van der Waals surface area contributed by atoms with E-state index in [1.807, 2.05) is 0 Å². The van der Waals surface area contributed by atoms with E-state index in [9.17, 15) is 0 Å². The Morgan fingerprint density at radius 3 is 2.25 bits per heavy atom. The quantitative estimate of drug-likeness (QED) is 0.475. The van der Waals surface area contributed by atoms with Crippen LogP contribution in [0.4, 0.5) is 0 Å². The molecule has 0 saturated heterocycles. The van der Waals surface area contributed by atoms with Crippen molar-refractivity contribution >= 4 is 27.6 Å². The highest BCUT2D eigenvalue weighted by atomic mass is 79.9. The number of hydrogen-bond donors (Lipinski definition) is 0. The predicted molar refractivity (Wildman–Crippen MR) is 109 cm³/mol.